The molecule has 1 saturated heterocycles. The maximum atomic E-state index is 12.7. The van der Waals surface area contributed by atoms with E-state index in [0.717, 1.165) is 44.7 Å². The number of benzene rings is 1. The van der Waals surface area contributed by atoms with Gasteiger partial charge in [-0.1, -0.05) is 30.9 Å². The van der Waals surface area contributed by atoms with E-state index in [1.807, 2.05) is 13.0 Å². The van der Waals surface area contributed by atoms with Crippen LogP contribution in [0, 0.1) is 6.92 Å². The summed E-state index contributed by atoms with van der Waals surface area (Å²) in [7, 11) is 0. The maximum absolute atomic E-state index is 12.7. The molecule has 1 aliphatic heterocycles. The fourth-order valence-electron chi connectivity index (χ4n) is 4.20. The van der Waals surface area contributed by atoms with Crippen molar-refractivity contribution < 1.29 is 14.3 Å². The highest BCUT2D eigenvalue weighted by atomic mass is 35.5. The third-order valence-electron chi connectivity index (χ3n) is 5.87. The molecule has 1 aromatic rings. The van der Waals surface area contributed by atoms with Crippen LogP contribution in [0.3, 0.4) is 0 Å². The van der Waals surface area contributed by atoms with Gasteiger partial charge in [0.1, 0.15) is 5.75 Å². The first-order valence-electron chi connectivity index (χ1n) is 10.0. The Bertz CT molecular complexity index is 640. The van der Waals surface area contributed by atoms with Gasteiger partial charge < -0.3 is 14.8 Å². The third kappa shape index (κ3) is 5.15. The molecule has 27 heavy (non-hydrogen) atoms. The van der Waals surface area contributed by atoms with E-state index >= 15 is 0 Å². The Labute approximate surface area is 167 Å². The molecule has 0 aromatic heterocycles. The third-order valence-corrected chi connectivity index (χ3v) is 6.29. The Hall–Kier alpha value is -1.30. The number of halogens is 1. The number of aryl methyl sites for hydroxylation is 1. The molecule has 1 saturated carbocycles. The van der Waals surface area contributed by atoms with E-state index in [0.29, 0.717) is 17.3 Å². The summed E-state index contributed by atoms with van der Waals surface area (Å²) in [5, 5.41) is 3.86. The van der Waals surface area contributed by atoms with Crippen LogP contribution in [-0.2, 0) is 9.53 Å². The summed E-state index contributed by atoms with van der Waals surface area (Å²) < 4.78 is 11.4. The zero-order valence-corrected chi connectivity index (χ0v) is 17.2. The number of morpholine rings is 1. The van der Waals surface area contributed by atoms with E-state index in [2.05, 4.69) is 10.2 Å². The first-order chi connectivity index (χ1) is 13.0. The zero-order valence-electron chi connectivity index (χ0n) is 16.4. The average Bonchev–Trinajstić information content (AvgIpc) is 2.70. The van der Waals surface area contributed by atoms with Crippen molar-refractivity contribution in [3.8, 4) is 5.75 Å². The van der Waals surface area contributed by atoms with Gasteiger partial charge in [0, 0.05) is 30.2 Å². The number of hydrogen-bond acceptors (Lipinski definition) is 4. The standard InChI is InChI=1S/C21H31ClN2O3/c1-16-14-18(6-7-19(16)22)27-17(2)20(25)23-15-21(8-4-3-5-9-21)24-10-12-26-13-11-24/h6-7,14,17H,3-5,8-13,15H2,1-2H3,(H,23,25)/t17-/m0/s1. The van der Waals surface area contributed by atoms with Gasteiger partial charge >= 0.3 is 0 Å². The Balaban J connectivity index is 1.58. The molecule has 3 rings (SSSR count). The van der Waals surface area contributed by atoms with Gasteiger partial charge in [-0.3, -0.25) is 9.69 Å². The van der Waals surface area contributed by atoms with Crippen LogP contribution in [0.15, 0.2) is 18.2 Å². The molecule has 2 aliphatic rings. The lowest BCUT2D eigenvalue weighted by molar-refractivity contribution is -0.128. The van der Waals surface area contributed by atoms with Gasteiger partial charge in [-0.15, -0.1) is 0 Å². The molecule has 1 heterocycles. The van der Waals surface area contributed by atoms with E-state index in [9.17, 15) is 4.79 Å². The molecule has 1 amide bonds. The summed E-state index contributed by atoms with van der Waals surface area (Å²) in [6.45, 7) is 7.87. The van der Waals surface area contributed by atoms with Crippen LogP contribution < -0.4 is 10.1 Å². The molecular formula is C21H31ClN2O3. The predicted molar refractivity (Wildman–Crippen MR) is 107 cm³/mol. The Morgan fingerprint density at radius 3 is 2.67 bits per heavy atom. The van der Waals surface area contributed by atoms with Crippen molar-refractivity contribution in [2.45, 2.75) is 57.6 Å². The molecular weight excluding hydrogens is 364 g/mol. The normalized spacial score (nSPS) is 21.4. The Morgan fingerprint density at radius 2 is 2.00 bits per heavy atom. The second kappa shape index (κ2) is 9.26. The zero-order chi connectivity index (χ0) is 19.3. The lowest BCUT2D eigenvalue weighted by Gasteiger charge is -2.48. The molecule has 1 N–H and O–H groups in total. The van der Waals surface area contributed by atoms with Gasteiger partial charge in [0.15, 0.2) is 6.10 Å². The quantitative estimate of drug-likeness (QED) is 0.801. The average molecular weight is 395 g/mol. The second-order valence-electron chi connectivity index (χ2n) is 7.77. The van der Waals surface area contributed by atoms with E-state index in [4.69, 9.17) is 21.1 Å². The number of ether oxygens (including phenoxy) is 2. The molecule has 1 atom stereocenters. The number of carbonyl (C=O) groups excluding carboxylic acids is 1. The summed E-state index contributed by atoms with van der Waals surface area (Å²) in [6, 6.07) is 5.46. The predicted octanol–water partition coefficient (Wildman–Crippen LogP) is 3.57. The lowest BCUT2D eigenvalue weighted by atomic mass is 9.79. The van der Waals surface area contributed by atoms with Gasteiger partial charge in [-0.25, -0.2) is 0 Å². The van der Waals surface area contributed by atoms with Gasteiger partial charge in [0.05, 0.1) is 13.2 Å². The Morgan fingerprint density at radius 1 is 1.30 bits per heavy atom. The highest BCUT2D eigenvalue weighted by Crippen LogP contribution is 2.34. The van der Waals surface area contributed by atoms with Gasteiger partial charge in [0.2, 0.25) is 0 Å². The van der Waals surface area contributed by atoms with Gasteiger partial charge in [-0.2, -0.15) is 0 Å². The molecule has 0 radical (unpaired) electrons. The number of nitrogens with one attached hydrogen (secondary N) is 1. The minimum absolute atomic E-state index is 0.0638. The van der Waals surface area contributed by atoms with Crippen molar-refractivity contribution in [1.29, 1.82) is 0 Å². The van der Waals surface area contributed by atoms with Gasteiger partial charge in [-0.05, 0) is 50.5 Å². The molecule has 0 spiro atoms. The smallest absolute Gasteiger partial charge is 0.260 e. The highest BCUT2D eigenvalue weighted by molar-refractivity contribution is 6.31. The first kappa shape index (κ1) is 20.4. The van der Waals surface area contributed by atoms with Crippen LogP contribution in [0.4, 0.5) is 0 Å². The van der Waals surface area contributed by atoms with Crippen molar-refractivity contribution in [3.63, 3.8) is 0 Å². The van der Waals surface area contributed by atoms with Crippen LogP contribution in [0.1, 0.15) is 44.6 Å². The summed E-state index contributed by atoms with van der Waals surface area (Å²) >= 11 is 6.06. The number of amides is 1. The summed E-state index contributed by atoms with van der Waals surface area (Å²) in [5.74, 6) is 0.598. The lowest BCUT2D eigenvalue weighted by Crippen LogP contribution is -2.60. The molecule has 2 fully saturated rings. The van der Waals surface area contributed by atoms with Gasteiger partial charge in [0.25, 0.3) is 5.91 Å². The fourth-order valence-corrected chi connectivity index (χ4v) is 4.31. The monoisotopic (exact) mass is 394 g/mol. The molecule has 0 unspecified atom stereocenters. The van der Waals surface area contributed by atoms with Crippen molar-refractivity contribution in [2.75, 3.05) is 32.8 Å². The SMILES string of the molecule is Cc1cc(O[C@@H](C)C(=O)NCC2(N3CCOCC3)CCCCC2)ccc1Cl. The minimum Gasteiger partial charge on any atom is -0.481 e. The molecule has 1 aromatic carbocycles. The van der Waals surface area contributed by atoms with Crippen molar-refractivity contribution in [3.05, 3.63) is 28.8 Å². The van der Waals surface area contributed by atoms with Crippen LogP contribution in [-0.4, -0.2) is 55.3 Å². The van der Waals surface area contributed by atoms with Crippen molar-refractivity contribution in [2.24, 2.45) is 0 Å². The van der Waals surface area contributed by atoms with Crippen LogP contribution >= 0.6 is 11.6 Å². The number of carbonyl (C=O) groups is 1. The van der Waals surface area contributed by atoms with Crippen LogP contribution in [0.5, 0.6) is 5.75 Å². The Kier molecular flexibility index (Phi) is 7.01. The maximum Gasteiger partial charge on any atom is 0.260 e. The second-order valence-corrected chi connectivity index (χ2v) is 8.18. The van der Waals surface area contributed by atoms with Crippen molar-refractivity contribution in [1.82, 2.24) is 10.2 Å². The number of nitrogens with zero attached hydrogens (tertiary/aromatic N) is 1. The van der Waals surface area contributed by atoms with Crippen LogP contribution in [0.2, 0.25) is 5.02 Å². The summed E-state index contributed by atoms with van der Waals surface area (Å²) in [4.78, 5) is 15.2. The summed E-state index contributed by atoms with van der Waals surface area (Å²) in [5.41, 5.74) is 1.00. The molecule has 6 heteroatoms. The molecule has 0 bridgehead atoms. The number of hydrogen-bond donors (Lipinski definition) is 1. The first-order valence-corrected chi connectivity index (χ1v) is 10.4. The summed E-state index contributed by atoms with van der Waals surface area (Å²) in [6.07, 6.45) is 5.47. The van der Waals surface area contributed by atoms with E-state index in [1.165, 1.54) is 19.3 Å². The van der Waals surface area contributed by atoms with E-state index < -0.39 is 6.10 Å². The number of rotatable bonds is 6. The highest BCUT2D eigenvalue weighted by Gasteiger charge is 2.39. The molecule has 1 aliphatic carbocycles. The molecule has 5 nitrogen and oxygen atoms in total. The van der Waals surface area contributed by atoms with E-state index in [-0.39, 0.29) is 11.4 Å². The molecule has 150 valence electrons. The minimum atomic E-state index is -0.545. The fraction of sp³-hybridized carbons (Fsp3) is 0.667. The van der Waals surface area contributed by atoms with Crippen LogP contribution in [0.25, 0.3) is 0 Å². The van der Waals surface area contributed by atoms with E-state index in [1.54, 1.807) is 19.1 Å². The largest absolute Gasteiger partial charge is 0.481 e. The van der Waals surface area contributed by atoms with Crippen molar-refractivity contribution >= 4 is 17.5 Å². The topological polar surface area (TPSA) is 50.8 Å².